The van der Waals surface area contributed by atoms with Gasteiger partial charge in [0.1, 0.15) is 4.32 Å². The Labute approximate surface area is 126 Å². The van der Waals surface area contributed by atoms with Gasteiger partial charge in [-0.05, 0) is 24.6 Å². The molecule has 1 N–H and O–H groups in total. The first-order valence-corrected chi connectivity index (χ1v) is 7.30. The number of aryl methyl sites for hydroxylation is 1. The Bertz CT molecular complexity index is 592. The normalized spacial score (nSPS) is 17.2. The summed E-state index contributed by atoms with van der Waals surface area (Å²) in [6.07, 6.45) is 4.14. The minimum atomic E-state index is -0.866. The Morgan fingerprint density at radius 3 is 2.90 bits per heavy atom. The van der Waals surface area contributed by atoms with Crippen LogP contribution >= 0.6 is 24.0 Å². The molecule has 106 valence electrons. The van der Waals surface area contributed by atoms with Crippen LogP contribution in [0.4, 0.5) is 0 Å². The summed E-state index contributed by atoms with van der Waals surface area (Å²) in [5, 5.41) is 8.62. The molecule has 20 heavy (non-hydrogen) atoms. The van der Waals surface area contributed by atoms with Crippen molar-refractivity contribution in [3.8, 4) is 0 Å². The van der Waals surface area contributed by atoms with Gasteiger partial charge in [0.2, 0.25) is 0 Å². The van der Waals surface area contributed by atoms with E-state index in [1.54, 1.807) is 6.08 Å². The predicted molar refractivity (Wildman–Crippen MR) is 82.2 cm³/mol. The van der Waals surface area contributed by atoms with Crippen LogP contribution in [0.5, 0.6) is 0 Å². The van der Waals surface area contributed by atoms with E-state index >= 15 is 0 Å². The fourth-order valence-corrected chi connectivity index (χ4v) is 3.13. The summed E-state index contributed by atoms with van der Waals surface area (Å²) >= 11 is 6.43. The van der Waals surface area contributed by atoms with Gasteiger partial charge >= 0.3 is 5.97 Å². The molecule has 1 aromatic rings. The van der Waals surface area contributed by atoms with Crippen molar-refractivity contribution in [1.29, 1.82) is 0 Å². The van der Waals surface area contributed by atoms with Crippen LogP contribution in [-0.2, 0) is 16.6 Å². The Balaban J connectivity index is 2.07. The van der Waals surface area contributed by atoms with Gasteiger partial charge in [-0.15, -0.1) is 0 Å². The molecule has 0 radical (unpaired) electrons. The third-order valence-electron chi connectivity index (χ3n) is 2.91. The molecule has 1 aliphatic rings. The third kappa shape index (κ3) is 3.29. The van der Waals surface area contributed by atoms with Crippen molar-refractivity contribution < 1.29 is 14.7 Å². The Morgan fingerprint density at radius 2 is 2.30 bits per heavy atom. The lowest BCUT2D eigenvalue weighted by Crippen LogP contribution is -2.29. The number of carbonyl (C=O) groups is 2. The Morgan fingerprint density at radius 1 is 1.55 bits per heavy atom. The molecular weight excluding hydrogens is 296 g/mol. The molecule has 2 heterocycles. The van der Waals surface area contributed by atoms with E-state index in [1.807, 2.05) is 29.9 Å². The first-order valence-electron chi connectivity index (χ1n) is 6.07. The van der Waals surface area contributed by atoms with Gasteiger partial charge in [-0.3, -0.25) is 14.5 Å². The molecule has 1 amide bonds. The van der Waals surface area contributed by atoms with E-state index < -0.39 is 5.97 Å². The van der Waals surface area contributed by atoms with Crippen molar-refractivity contribution >= 4 is 46.3 Å². The molecule has 1 fully saturated rings. The molecular formula is C13H14N2O3S2. The topological polar surface area (TPSA) is 62.5 Å². The lowest BCUT2D eigenvalue weighted by Gasteiger charge is -2.13. The van der Waals surface area contributed by atoms with Crippen molar-refractivity contribution in [2.75, 3.05) is 6.54 Å². The number of thiocarbonyl (C=S) groups is 1. The van der Waals surface area contributed by atoms with Gasteiger partial charge in [0.05, 0.1) is 4.91 Å². The molecule has 0 bridgehead atoms. The Kier molecular flexibility index (Phi) is 4.61. The lowest BCUT2D eigenvalue weighted by atomic mass is 10.3. The van der Waals surface area contributed by atoms with Gasteiger partial charge < -0.3 is 9.67 Å². The summed E-state index contributed by atoms with van der Waals surface area (Å²) in [6.45, 7) is 0.349. The van der Waals surface area contributed by atoms with Crippen molar-refractivity contribution in [2.24, 2.45) is 7.05 Å². The summed E-state index contributed by atoms with van der Waals surface area (Å²) in [4.78, 5) is 24.8. The highest BCUT2D eigenvalue weighted by Gasteiger charge is 2.31. The van der Waals surface area contributed by atoms with Gasteiger partial charge in [-0.1, -0.05) is 24.0 Å². The van der Waals surface area contributed by atoms with Gasteiger partial charge in [0.25, 0.3) is 5.91 Å². The zero-order valence-electron chi connectivity index (χ0n) is 10.9. The molecule has 2 rings (SSSR count). The van der Waals surface area contributed by atoms with E-state index in [1.165, 1.54) is 16.7 Å². The largest absolute Gasteiger partial charge is 0.481 e. The number of carboxylic acids is 1. The monoisotopic (exact) mass is 310 g/mol. The van der Waals surface area contributed by atoms with Gasteiger partial charge in [0, 0.05) is 31.9 Å². The molecule has 0 aliphatic carbocycles. The van der Waals surface area contributed by atoms with E-state index in [4.69, 9.17) is 17.3 Å². The second kappa shape index (κ2) is 6.23. The predicted octanol–water partition coefficient (Wildman–Crippen LogP) is 2.09. The molecule has 0 unspecified atom stereocenters. The van der Waals surface area contributed by atoms with Crippen LogP contribution in [0.1, 0.15) is 18.5 Å². The van der Waals surface area contributed by atoms with Crippen LogP contribution in [0.25, 0.3) is 6.08 Å². The van der Waals surface area contributed by atoms with Crippen LogP contribution in [0.15, 0.2) is 23.2 Å². The molecule has 0 aromatic carbocycles. The van der Waals surface area contributed by atoms with Crippen LogP contribution in [0, 0.1) is 0 Å². The van der Waals surface area contributed by atoms with E-state index in [2.05, 4.69) is 0 Å². The van der Waals surface area contributed by atoms with Crippen molar-refractivity contribution in [2.45, 2.75) is 12.8 Å². The van der Waals surface area contributed by atoms with Crippen molar-refractivity contribution in [3.05, 3.63) is 28.9 Å². The summed E-state index contributed by atoms with van der Waals surface area (Å²) in [5.41, 5.74) is 0.927. The molecule has 7 heteroatoms. The van der Waals surface area contributed by atoms with E-state index in [0.717, 1.165) is 5.69 Å². The maximum Gasteiger partial charge on any atom is 0.303 e. The summed E-state index contributed by atoms with van der Waals surface area (Å²) in [5.74, 6) is -1.01. The van der Waals surface area contributed by atoms with E-state index in [0.29, 0.717) is 22.2 Å². The zero-order chi connectivity index (χ0) is 14.7. The van der Waals surface area contributed by atoms with Crippen LogP contribution < -0.4 is 0 Å². The molecule has 0 saturated carbocycles. The number of aliphatic carboxylic acids is 1. The Hall–Kier alpha value is -1.60. The number of carboxylic acid groups (broad SMARTS) is 1. The number of carbonyl (C=O) groups excluding carboxylic acids is 1. The second-order valence-corrected chi connectivity index (χ2v) is 6.05. The standard InChI is InChI=1S/C13H14N2O3S2/c1-14-6-2-4-9(14)8-10-12(18)15(13(19)20-10)7-3-5-11(16)17/h2,4,6,8H,3,5,7H2,1H3,(H,16,17). The highest BCUT2D eigenvalue weighted by atomic mass is 32.2. The number of thioether (sulfide) groups is 1. The zero-order valence-corrected chi connectivity index (χ0v) is 12.5. The third-order valence-corrected chi connectivity index (χ3v) is 4.29. The quantitative estimate of drug-likeness (QED) is 0.666. The van der Waals surface area contributed by atoms with Gasteiger partial charge in [-0.25, -0.2) is 0 Å². The summed E-state index contributed by atoms with van der Waals surface area (Å²) < 4.78 is 2.40. The van der Waals surface area contributed by atoms with E-state index in [-0.39, 0.29) is 12.3 Å². The number of aromatic nitrogens is 1. The fraction of sp³-hybridized carbons (Fsp3) is 0.308. The maximum atomic E-state index is 12.2. The highest BCUT2D eigenvalue weighted by molar-refractivity contribution is 8.26. The number of rotatable bonds is 5. The average molecular weight is 310 g/mol. The number of nitrogens with zero attached hydrogens (tertiary/aromatic N) is 2. The molecule has 0 spiro atoms. The number of hydrogen-bond acceptors (Lipinski definition) is 4. The lowest BCUT2D eigenvalue weighted by molar-refractivity contribution is -0.137. The van der Waals surface area contributed by atoms with Crippen LogP contribution in [0.2, 0.25) is 0 Å². The fourth-order valence-electron chi connectivity index (χ4n) is 1.84. The maximum absolute atomic E-state index is 12.2. The summed E-state index contributed by atoms with van der Waals surface area (Å²) in [7, 11) is 1.90. The van der Waals surface area contributed by atoms with E-state index in [9.17, 15) is 9.59 Å². The second-order valence-electron chi connectivity index (χ2n) is 4.37. The number of hydrogen-bond donors (Lipinski definition) is 1. The first kappa shape index (κ1) is 14.8. The smallest absolute Gasteiger partial charge is 0.303 e. The van der Waals surface area contributed by atoms with Crippen molar-refractivity contribution in [1.82, 2.24) is 9.47 Å². The molecule has 1 aliphatic heterocycles. The van der Waals surface area contributed by atoms with Gasteiger partial charge in [0.15, 0.2) is 0 Å². The van der Waals surface area contributed by atoms with Crippen molar-refractivity contribution in [3.63, 3.8) is 0 Å². The number of amides is 1. The summed E-state index contributed by atoms with van der Waals surface area (Å²) in [6, 6.07) is 3.82. The minimum Gasteiger partial charge on any atom is -0.481 e. The highest BCUT2D eigenvalue weighted by Crippen LogP contribution is 2.32. The molecule has 0 atom stereocenters. The molecule has 5 nitrogen and oxygen atoms in total. The van der Waals surface area contributed by atoms with Crippen LogP contribution in [-0.4, -0.2) is 37.3 Å². The molecule has 1 saturated heterocycles. The average Bonchev–Trinajstić information content (AvgIpc) is 2.88. The van der Waals surface area contributed by atoms with Crippen LogP contribution in [0.3, 0.4) is 0 Å². The first-order chi connectivity index (χ1) is 9.49. The van der Waals surface area contributed by atoms with Gasteiger partial charge in [-0.2, -0.15) is 0 Å². The molecule has 1 aromatic heterocycles. The minimum absolute atomic E-state index is 0.0356. The SMILES string of the molecule is Cn1cccc1C=C1SC(=S)N(CCCC(=O)O)C1=O.